The Labute approximate surface area is 247 Å². The maximum absolute atomic E-state index is 14.0. The molecular weight excluding hydrogens is 569 g/mol. The first-order valence-corrected chi connectivity index (χ1v) is 15.2. The highest BCUT2D eigenvalue weighted by Crippen LogP contribution is 2.30. The van der Waals surface area contributed by atoms with Gasteiger partial charge in [-0.2, -0.15) is 0 Å². The van der Waals surface area contributed by atoms with Crippen LogP contribution in [0.25, 0.3) is 0 Å². The molecule has 3 aromatic rings. The fourth-order valence-electron chi connectivity index (χ4n) is 4.06. The lowest BCUT2D eigenvalue weighted by Crippen LogP contribution is -2.52. The molecule has 0 bridgehead atoms. The topological polar surface area (TPSA) is 86.8 Å². The molecule has 1 N–H and O–H groups in total. The third-order valence-corrected chi connectivity index (χ3v) is 9.17. The summed E-state index contributed by atoms with van der Waals surface area (Å²) in [6.07, 6.45) is 0.716. The highest BCUT2D eigenvalue weighted by molar-refractivity contribution is 7.92. The average molecular weight is 605 g/mol. The van der Waals surface area contributed by atoms with E-state index in [2.05, 4.69) is 5.32 Å². The van der Waals surface area contributed by atoms with Crippen molar-refractivity contribution in [1.29, 1.82) is 0 Å². The fraction of sp³-hybridized carbons (Fsp3) is 0.333. The van der Waals surface area contributed by atoms with Crippen molar-refractivity contribution in [3.8, 4) is 0 Å². The van der Waals surface area contributed by atoms with Crippen LogP contribution in [0.3, 0.4) is 0 Å². The van der Waals surface area contributed by atoms with Crippen molar-refractivity contribution in [1.82, 2.24) is 10.2 Å². The molecule has 0 aromatic heterocycles. The zero-order valence-corrected chi connectivity index (χ0v) is 25.6. The molecule has 7 nitrogen and oxygen atoms in total. The van der Waals surface area contributed by atoms with Crippen molar-refractivity contribution in [2.24, 2.45) is 0 Å². The lowest BCUT2D eigenvalue weighted by atomic mass is 10.1. The van der Waals surface area contributed by atoms with E-state index in [4.69, 9.17) is 23.2 Å². The Morgan fingerprint density at radius 3 is 2.23 bits per heavy atom. The molecule has 0 unspecified atom stereocenters. The van der Waals surface area contributed by atoms with Crippen LogP contribution in [0, 0.1) is 13.8 Å². The molecule has 2 amide bonds. The van der Waals surface area contributed by atoms with Crippen LogP contribution in [0.1, 0.15) is 43.9 Å². The monoisotopic (exact) mass is 603 g/mol. The van der Waals surface area contributed by atoms with Gasteiger partial charge in [0.15, 0.2) is 0 Å². The number of anilines is 1. The number of carbonyl (C=O) groups is 2. The van der Waals surface area contributed by atoms with E-state index in [0.717, 1.165) is 9.87 Å². The van der Waals surface area contributed by atoms with E-state index in [1.807, 2.05) is 20.8 Å². The van der Waals surface area contributed by atoms with E-state index in [0.29, 0.717) is 27.6 Å². The molecule has 0 saturated heterocycles. The summed E-state index contributed by atoms with van der Waals surface area (Å²) in [4.78, 5) is 28.6. The Hall–Kier alpha value is -3.07. The Morgan fingerprint density at radius 2 is 1.60 bits per heavy atom. The van der Waals surface area contributed by atoms with Crippen molar-refractivity contribution in [2.75, 3.05) is 10.8 Å². The Kier molecular flexibility index (Phi) is 10.6. The first kappa shape index (κ1) is 31.5. The highest BCUT2D eigenvalue weighted by atomic mass is 35.5. The molecule has 10 heteroatoms. The molecule has 40 heavy (non-hydrogen) atoms. The number of sulfonamides is 1. The SMILES string of the molecule is CC[C@@H](C)NC(=O)[C@H](C)N(Cc1ccccc1Cl)C(=O)CN(c1cc(Cl)ccc1C)S(=O)(=O)c1ccc(C)cc1. The van der Waals surface area contributed by atoms with Gasteiger partial charge in [0, 0.05) is 22.6 Å². The maximum atomic E-state index is 14.0. The van der Waals surface area contributed by atoms with Crippen LogP contribution < -0.4 is 9.62 Å². The number of rotatable bonds is 11. The molecule has 2 atom stereocenters. The summed E-state index contributed by atoms with van der Waals surface area (Å²) in [5.41, 5.74) is 2.42. The number of carbonyl (C=O) groups excluding carboxylic acids is 2. The van der Waals surface area contributed by atoms with Crippen molar-refractivity contribution in [3.05, 3.63) is 93.5 Å². The highest BCUT2D eigenvalue weighted by Gasteiger charge is 2.33. The third-order valence-electron chi connectivity index (χ3n) is 6.79. The lowest BCUT2D eigenvalue weighted by Gasteiger charge is -2.33. The molecule has 0 saturated carbocycles. The van der Waals surface area contributed by atoms with Crippen LogP contribution in [0.4, 0.5) is 5.69 Å². The van der Waals surface area contributed by atoms with Gasteiger partial charge < -0.3 is 10.2 Å². The second-order valence-corrected chi connectivity index (χ2v) is 12.6. The second kappa shape index (κ2) is 13.5. The first-order chi connectivity index (χ1) is 18.8. The fourth-order valence-corrected chi connectivity index (χ4v) is 5.89. The van der Waals surface area contributed by atoms with Gasteiger partial charge in [-0.25, -0.2) is 8.42 Å². The quantitative estimate of drug-likeness (QED) is 0.285. The van der Waals surface area contributed by atoms with Crippen LogP contribution in [-0.2, 0) is 26.2 Å². The molecule has 0 aliphatic rings. The summed E-state index contributed by atoms with van der Waals surface area (Å²) in [5.74, 6) is -0.914. The van der Waals surface area contributed by atoms with Gasteiger partial charge >= 0.3 is 0 Å². The van der Waals surface area contributed by atoms with Gasteiger partial charge in [-0.1, -0.05) is 72.1 Å². The lowest BCUT2D eigenvalue weighted by molar-refractivity contribution is -0.139. The molecule has 0 spiro atoms. The molecule has 0 aliphatic heterocycles. The van der Waals surface area contributed by atoms with E-state index < -0.39 is 28.5 Å². The van der Waals surface area contributed by atoms with Crippen molar-refractivity contribution >= 4 is 50.7 Å². The number of nitrogens with zero attached hydrogens (tertiary/aromatic N) is 2. The Morgan fingerprint density at radius 1 is 0.950 bits per heavy atom. The van der Waals surface area contributed by atoms with Gasteiger partial charge in [-0.15, -0.1) is 0 Å². The second-order valence-electron chi connectivity index (χ2n) is 9.86. The zero-order chi connectivity index (χ0) is 29.6. The minimum atomic E-state index is -4.19. The Bertz CT molecular complexity index is 1460. The molecule has 0 radical (unpaired) electrons. The van der Waals surface area contributed by atoms with E-state index in [1.54, 1.807) is 62.4 Å². The van der Waals surface area contributed by atoms with Gasteiger partial charge in [-0.05, 0) is 75.6 Å². The summed E-state index contributed by atoms with van der Waals surface area (Å²) in [7, 11) is -4.19. The van der Waals surface area contributed by atoms with E-state index in [1.165, 1.54) is 23.1 Å². The smallest absolute Gasteiger partial charge is 0.264 e. The van der Waals surface area contributed by atoms with Crippen LogP contribution >= 0.6 is 23.2 Å². The predicted molar refractivity (Wildman–Crippen MR) is 161 cm³/mol. The molecule has 0 heterocycles. The number of aryl methyl sites for hydroxylation is 2. The number of halogens is 2. The predicted octanol–water partition coefficient (Wildman–Crippen LogP) is 6.14. The molecule has 214 valence electrons. The minimum Gasteiger partial charge on any atom is -0.352 e. The normalized spacial score (nSPS) is 12.9. The van der Waals surface area contributed by atoms with Crippen molar-refractivity contribution in [2.45, 2.75) is 64.6 Å². The maximum Gasteiger partial charge on any atom is 0.264 e. The van der Waals surface area contributed by atoms with Crippen LogP contribution in [-0.4, -0.2) is 43.8 Å². The van der Waals surface area contributed by atoms with Crippen LogP contribution in [0.5, 0.6) is 0 Å². The summed E-state index contributed by atoms with van der Waals surface area (Å²) in [6, 6.07) is 17.3. The minimum absolute atomic E-state index is 0.0144. The number of hydrogen-bond donors (Lipinski definition) is 1. The van der Waals surface area contributed by atoms with E-state index in [-0.39, 0.29) is 29.1 Å². The largest absolute Gasteiger partial charge is 0.352 e. The van der Waals surface area contributed by atoms with Crippen molar-refractivity contribution in [3.63, 3.8) is 0 Å². The summed E-state index contributed by atoms with van der Waals surface area (Å²) in [5, 5.41) is 3.67. The Balaban J connectivity index is 2.08. The molecule has 3 aromatic carbocycles. The molecule has 0 fully saturated rings. The van der Waals surface area contributed by atoms with Crippen LogP contribution in [0.2, 0.25) is 10.0 Å². The zero-order valence-electron chi connectivity index (χ0n) is 23.3. The first-order valence-electron chi connectivity index (χ1n) is 13.0. The molecule has 3 rings (SSSR count). The number of hydrogen-bond acceptors (Lipinski definition) is 4. The number of amides is 2. The van der Waals surface area contributed by atoms with Gasteiger partial charge in [0.1, 0.15) is 12.6 Å². The number of nitrogens with one attached hydrogen (secondary N) is 1. The number of benzene rings is 3. The molecular formula is C30H35Cl2N3O4S. The van der Waals surface area contributed by atoms with Crippen LogP contribution in [0.15, 0.2) is 71.6 Å². The van der Waals surface area contributed by atoms with E-state index in [9.17, 15) is 18.0 Å². The van der Waals surface area contributed by atoms with E-state index >= 15 is 0 Å². The van der Waals surface area contributed by atoms with Gasteiger partial charge in [0.25, 0.3) is 10.0 Å². The summed E-state index contributed by atoms with van der Waals surface area (Å²) < 4.78 is 29.0. The summed E-state index contributed by atoms with van der Waals surface area (Å²) >= 11 is 12.7. The molecule has 0 aliphatic carbocycles. The average Bonchev–Trinajstić information content (AvgIpc) is 2.92. The van der Waals surface area contributed by atoms with Gasteiger partial charge in [0.2, 0.25) is 11.8 Å². The summed E-state index contributed by atoms with van der Waals surface area (Å²) in [6.45, 7) is 8.51. The van der Waals surface area contributed by atoms with Gasteiger partial charge in [-0.3, -0.25) is 13.9 Å². The third kappa shape index (κ3) is 7.56. The van der Waals surface area contributed by atoms with Crippen molar-refractivity contribution < 1.29 is 18.0 Å². The standard InChI is InChI=1S/C30H35Cl2N3O4S/c1-6-22(4)33-30(37)23(5)34(18-24-9-7-8-10-27(24)32)29(36)19-35(28-17-25(31)14-13-21(28)3)40(38,39)26-15-11-20(2)12-16-26/h7-17,22-23H,6,18-19H2,1-5H3,(H,33,37)/t22-,23+/m1/s1. The van der Waals surface area contributed by atoms with Gasteiger partial charge in [0.05, 0.1) is 10.6 Å².